The monoisotopic (exact) mass is 176 g/mol. The van der Waals surface area contributed by atoms with Gasteiger partial charge in [-0.15, -0.1) is 10.2 Å². The summed E-state index contributed by atoms with van der Waals surface area (Å²) in [5, 5.41) is 8.12. The third-order valence-electron chi connectivity index (χ3n) is 2.36. The predicted molar refractivity (Wildman–Crippen MR) is 51.4 cm³/mol. The molecule has 0 amide bonds. The third kappa shape index (κ3) is 1.18. The summed E-state index contributed by atoms with van der Waals surface area (Å²) in [6.07, 6.45) is 3.77. The number of aliphatic imine (C=N–C) groups is 1. The van der Waals surface area contributed by atoms with Crippen molar-refractivity contribution in [2.45, 2.75) is 13.8 Å². The molecule has 2 heterocycles. The first-order valence-electron chi connectivity index (χ1n) is 4.30. The molecule has 1 atom stereocenters. The van der Waals surface area contributed by atoms with Gasteiger partial charge >= 0.3 is 0 Å². The lowest BCUT2D eigenvalue weighted by atomic mass is 10.1. The molecule has 0 radical (unpaired) electrons. The Hall–Kier alpha value is -1.45. The highest BCUT2D eigenvalue weighted by Gasteiger charge is 2.18. The van der Waals surface area contributed by atoms with Gasteiger partial charge in [0.15, 0.2) is 5.82 Å². The topological polar surface area (TPSA) is 43.1 Å². The number of rotatable bonds is 1. The van der Waals surface area contributed by atoms with Gasteiger partial charge in [-0.05, 0) is 6.92 Å². The normalized spacial score (nSPS) is 20.8. The summed E-state index contributed by atoms with van der Waals surface area (Å²) in [5.74, 6) is 2.19. The fourth-order valence-electron chi connectivity index (χ4n) is 1.37. The summed E-state index contributed by atoms with van der Waals surface area (Å²) in [6.45, 7) is 4.05. The summed E-state index contributed by atoms with van der Waals surface area (Å²) in [4.78, 5) is 4.10. The minimum atomic E-state index is 0.349. The summed E-state index contributed by atoms with van der Waals surface area (Å²) in [5.41, 5.74) is 1.14. The molecule has 0 aromatic carbocycles. The molecule has 1 aliphatic rings. The van der Waals surface area contributed by atoms with E-state index in [1.54, 1.807) is 0 Å². The van der Waals surface area contributed by atoms with E-state index < -0.39 is 0 Å². The summed E-state index contributed by atoms with van der Waals surface area (Å²) >= 11 is 0. The summed E-state index contributed by atoms with van der Waals surface area (Å²) < 4.78 is 1.98. The number of aromatic nitrogens is 3. The first kappa shape index (κ1) is 8.16. The van der Waals surface area contributed by atoms with Crippen molar-refractivity contribution in [2.75, 3.05) is 0 Å². The third-order valence-corrected chi connectivity index (χ3v) is 2.36. The highest BCUT2D eigenvalue weighted by Crippen LogP contribution is 2.24. The molecule has 1 aromatic heterocycles. The standard InChI is InChI=1S/C9H12N4/c1-6-4-10-5-8(6)9-12-11-7(2)13(9)3/h4-6H,1-3H3. The van der Waals surface area contributed by atoms with Crippen LogP contribution in [0.15, 0.2) is 11.2 Å². The molecular weight excluding hydrogens is 164 g/mol. The molecule has 1 aliphatic heterocycles. The average Bonchev–Trinajstić information content (AvgIpc) is 2.62. The van der Waals surface area contributed by atoms with Gasteiger partial charge in [-0.25, -0.2) is 0 Å². The number of hydrogen-bond donors (Lipinski definition) is 0. The second-order valence-electron chi connectivity index (χ2n) is 3.30. The first-order chi connectivity index (χ1) is 6.20. The molecule has 0 spiro atoms. The van der Waals surface area contributed by atoms with Crippen molar-refractivity contribution in [3.63, 3.8) is 0 Å². The molecule has 0 N–H and O–H groups in total. The van der Waals surface area contributed by atoms with Crippen molar-refractivity contribution < 1.29 is 0 Å². The van der Waals surface area contributed by atoms with Crippen LogP contribution in [0, 0.1) is 12.8 Å². The number of nitrogens with zero attached hydrogens (tertiary/aromatic N) is 4. The van der Waals surface area contributed by atoms with Crippen LogP contribution in [-0.2, 0) is 7.05 Å². The highest BCUT2D eigenvalue weighted by atomic mass is 15.3. The minimum Gasteiger partial charge on any atom is -0.315 e. The number of allylic oxidation sites excluding steroid dienone is 1. The van der Waals surface area contributed by atoms with Crippen LogP contribution in [-0.4, -0.2) is 21.0 Å². The summed E-state index contributed by atoms with van der Waals surface area (Å²) in [6, 6.07) is 0. The second-order valence-corrected chi connectivity index (χ2v) is 3.30. The Labute approximate surface area is 77.0 Å². The molecule has 68 valence electrons. The van der Waals surface area contributed by atoms with Crippen molar-refractivity contribution in [3.8, 4) is 0 Å². The first-order valence-corrected chi connectivity index (χ1v) is 4.30. The van der Waals surface area contributed by atoms with E-state index in [-0.39, 0.29) is 0 Å². The Kier molecular flexibility index (Phi) is 1.76. The maximum Gasteiger partial charge on any atom is 0.161 e. The number of aryl methyl sites for hydroxylation is 1. The number of hydrogen-bond acceptors (Lipinski definition) is 3. The van der Waals surface area contributed by atoms with Crippen LogP contribution in [0.5, 0.6) is 0 Å². The zero-order valence-corrected chi connectivity index (χ0v) is 8.02. The van der Waals surface area contributed by atoms with E-state index in [1.165, 1.54) is 0 Å². The van der Waals surface area contributed by atoms with Crippen molar-refractivity contribution in [3.05, 3.63) is 17.8 Å². The fourth-order valence-corrected chi connectivity index (χ4v) is 1.37. The predicted octanol–water partition coefficient (Wildman–Crippen LogP) is 1.18. The van der Waals surface area contributed by atoms with E-state index in [9.17, 15) is 0 Å². The van der Waals surface area contributed by atoms with Crippen molar-refractivity contribution in [1.82, 2.24) is 14.8 Å². The molecule has 4 nitrogen and oxygen atoms in total. The summed E-state index contributed by atoms with van der Waals surface area (Å²) in [7, 11) is 1.97. The van der Waals surface area contributed by atoms with Crippen LogP contribution < -0.4 is 0 Å². The van der Waals surface area contributed by atoms with Crippen LogP contribution in [0.2, 0.25) is 0 Å². The fraction of sp³-hybridized carbons (Fsp3) is 0.444. The van der Waals surface area contributed by atoms with E-state index in [0.29, 0.717) is 5.92 Å². The molecule has 1 unspecified atom stereocenters. The van der Waals surface area contributed by atoms with Gasteiger partial charge in [0, 0.05) is 31.0 Å². The van der Waals surface area contributed by atoms with Crippen LogP contribution in [0.4, 0.5) is 0 Å². The van der Waals surface area contributed by atoms with E-state index in [1.807, 2.05) is 31.0 Å². The van der Waals surface area contributed by atoms with Crippen LogP contribution in [0.3, 0.4) is 0 Å². The molecule has 0 fully saturated rings. The maximum atomic E-state index is 4.11. The Morgan fingerprint density at radius 3 is 2.62 bits per heavy atom. The second kappa shape index (κ2) is 2.80. The van der Waals surface area contributed by atoms with Crippen LogP contribution in [0.25, 0.3) is 5.57 Å². The van der Waals surface area contributed by atoms with Gasteiger partial charge in [0.1, 0.15) is 5.82 Å². The molecule has 0 saturated carbocycles. The van der Waals surface area contributed by atoms with Gasteiger partial charge in [-0.2, -0.15) is 0 Å². The largest absolute Gasteiger partial charge is 0.315 e. The highest BCUT2D eigenvalue weighted by molar-refractivity contribution is 5.85. The Balaban J connectivity index is 2.42. The van der Waals surface area contributed by atoms with Crippen molar-refractivity contribution in [1.29, 1.82) is 0 Å². The average molecular weight is 176 g/mol. The van der Waals surface area contributed by atoms with Gasteiger partial charge in [-0.3, -0.25) is 4.99 Å². The molecule has 1 aromatic rings. The van der Waals surface area contributed by atoms with Crippen molar-refractivity contribution in [2.24, 2.45) is 18.0 Å². The van der Waals surface area contributed by atoms with Gasteiger partial charge in [0.25, 0.3) is 0 Å². The van der Waals surface area contributed by atoms with E-state index in [0.717, 1.165) is 17.2 Å². The molecule has 0 bridgehead atoms. The SMILES string of the molecule is Cc1nnc(C2=CN=CC2C)n1C. The van der Waals surface area contributed by atoms with Gasteiger partial charge in [0.05, 0.1) is 0 Å². The Bertz CT molecular complexity index is 386. The van der Waals surface area contributed by atoms with Gasteiger partial charge in [-0.1, -0.05) is 6.92 Å². The van der Waals surface area contributed by atoms with E-state index in [2.05, 4.69) is 22.1 Å². The Morgan fingerprint density at radius 2 is 2.15 bits per heavy atom. The van der Waals surface area contributed by atoms with Crippen molar-refractivity contribution >= 4 is 11.8 Å². The molecule has 0 saturated heterocycles. The molecule has 0 aliphatic carbocycles. The maximum absolute atomic E-state index is 4.11. The molecule has 2 rings (SSSR count). The molecular formula is C9H12N4. The quantitative estimate of drug-likeness (QED) is 0.645. The van der Waals surface area contributed by atoms with Gasteiger partial charge in [0.2, 0.25) is 0 Å². The zero-order chi connectivity index (χ0) is 9.42. The van der Waals surface area contributed by atoms with Crippen LogP contribution in [0.1, 0.15) is 18.6 Å². The zero-order valence-electron chi connectivity index (χ0n) is 8.02. The lowest BCUT2D eigenvalue weighted by Crippen LogP contribution is -2.03. The Morgan fingerprint density at radius 1 is 1.38 bits per heavy atom. The minimum absolute atomic E-state index is 0.349. The van der Waals surface area contributed by atoms with Crippen LogP contribution >= 0.6 is 0 Å². The van der Waals surface area contributed by atoms with Gasteiger partial charge < -0.3 is 4.57 Å². The molecule has 13 heavy (non-hydrogen) atoms. The lowest BCUT2D eigenvalue weighted by molar-refractivity contribution is 0.833. The lowest BCUT2D eigenvalue weighted by Gasteiger charge is -2.05. The molecule has 4 heteroatoms. The van der Waals surface area contributed by atoms with E-state index in [4.69, 9.17) is 0 Å². The smallest absolute Gasteiger partial charge is 0.161 e. The van der Waals surface area contributed by atoms with E-state index >= 15 is 0 Å².